The zero-order valence-corrected chi connectivity index (χ0v) is 11.3. The molecule has 2 rings (SSSR count). The van der Waals surface area contributed by atoms with Crippen molar-refractivity contribution in [3.63, 3.8) is 0 Å². The first-order valence-corrected chi connectivity index (χ1v) is 6.48. The second kappa shape index (κ2) is 5.75. The van der Waals surface area contributed by atoms with Crippen molar-refractivity contribution in [1.82, 2.24) is 9.78 Å². The van der Waals surface area contributed by atoms with E-state index in [0.717, 1.165) is 13.0 Å². The number of rotatable bonds is 4. The molecule has 2 heterocycles. The summed E-state index contributed by atoms with van der Waals surface area (Å²) in [4.78, 5) is 12.3. The van der Waals surface area contributed by atoms with Crippen LogP contribution >= 0.6 is 15.9 Å². The number of ether oxygens (including phenoxy) is 2. The molecule has 6 heteroatoms. The van der Waals surface area contributed by atoms with Gasteiger partial charge in [0.2, 0.25) is 5.78 Å². The van der Waals surface area contributed by atoms with Crippen molar-refractivity contribution < 1.29 is 14.3 Å². The van der Waals surface area contributed by atoms with Crippen molar-refractivity contribution in [3.05, 3.63) is 16.4 Å². The molecular weight excluding hydrogens is 288 g/mol. The minimum atomic E-state index is -0.507. The number of aryl methyl sites for hydroxylation is 1. The predicted molar refractivity (Wildman–Crippen MR) is 65.1 cm³/mol. The highest BCUT2D eigenvalue weighted by atomic mass is 79.9. The molecule has 1 aliphatic rings. The van der Waals surface area contributed by atoms with Gasteiger partial charge in [0.1, 0.15) is 11.8 Å². The van der Waals surface area contributed by atoms with E-state index in [-0.39, 0.29) is 5.78 Å². The van der Waals surface area contributed by atoms with Crippen LogP contribution in [0, 0.1) is 0 Å². The largest absolute Gasteiger partial charge is 0.376 e. The second-order valence-corrected chi connectivity index (χ2v) is 4.72. The highest BCUT2D eigenvalue weighted by Crippen LogP contribution is 2.20. The van der Waals surface area contributed by atoms with Gasteiger partial charge in [-0.1, -0.05) is 6.92 Å². The summed E-state index contributed by atoms with van der Waals surface area (Å²) in [6, 6.07) is 0. The van der Waals surface area contributed by atoms with E-state index in [2.05, 4.69) is 21.0 Å². The Morgan fingerprint density at radius 2 is 2.47 bits per heavy atom. The molecule has 1 unspecified atom stereocenters. The lowest BCUT2D eigenvalue weighted by Gasteiger charge is -2.22. The van der Waals surface area contributed by atoms with Gasteiger partial charge in [0.25, 0.3) is 0 Å². The van der Waals surface area contributed by atoms with Gasteiger partial charge < -0.3 is 9.47 Å². The summed E-state index contributed by atoms with van der Waals surface area (Å²) in [5, 5.41) is 4.17. The number of halogens is 1. The SMILES string of the molecule is CCCn1ncc(Br)c1C(=O)C1COCCO1. The lowest BCUT2D eigenvalue weighted by molar-refractivity contribution is -0.0722. The molecule has 1 aromatic rings. The van der Waals surface area contributed by atoms with Gasteiger partial charge in [0.05, 0.1) is 30.5 Å². The van der Waals surface area contributed by atoms with Gasteiger partial charge in [-0.05, 0) is 22.4 Å². The first kappa shape index (κ1) is 12.7. The lowest BCUT2D eigenvalue weighted by Crippen LogP contribution is -2.36. The molecule has 17 heavy (non-hydrogen) atoms. The molecule has 0 saturated carbocycles. The van der Waals surface area contributed by atoms with Crippen LogP contribution in [0.3, 0.4) is 0 Å². The molecule has 1 fully saturated rings. The van der Waals surface area contributed by atoms with E-state index < -0.39 is 6.10 Å². The fraction of sp³-hybridized carbons (Fsp3) is 0.636. The van der Waals surface area contributed by atoms with Gasteiger partial charge in [-0.25, -0.2) is 0 Å². The Balaban J connectivity index is 2.19. The number of carbonyl (C=O) groups excluding carboxylic acids is 1. The maximum atomic E-state index is 12.3. The number of nitrogens with zero attached hydrogens (tertiary/aromatic N) is 2. The third-order valence-electron chi connectivity index (χ3n) is 2.57. The molecule has 5 nitrogen and oxygen atoms in total. The maximum Gasteiger partial charge on any atom is 0.213 e. The quantitative estimate of drug-likeness (QED) is 0.794. The third kappa shape index (κ3) is 2.75. The predicted octanol–water partition coefficient (Wildman–Crippen LogP) is 1.65. The number of Topliss-reactive ketones (excluding diaryl/α,β-unsaturated/α-hetero) is 1. The summed E-state index contributed by atoms with van der Waals surface area (Å²) in [5.41, 5.74) is 0.572. The molecule has 1 saturated heterocycles. The van der Waals surface area contributed by atoms with Crippen LogP contribution in [0.2, 0.25) is 0 Å². The summed E-state index contributed by atoms with van der Waals surface area (Å²) < 4.78 is 13.1. The molecule has 1 atom stereocenters. The normalized spacial score (nSPS) is 20.5. The van der Waals surface area contributed by atoms with Crippen LogP contribution < -0.4 is 0 Å². The number of ketones is 1. The van der Waals surface area contributed by atoms with Crippen LogP contribution in [0.5, 0.6) is 0 Å². The molecular formula is C11H15BrN2O3. The first-order valence-electron chi connectivity index (χ1n) is 5.69. The molecule has 0 radical (unpaired) electrons. The molecule has 0 spiro atoms. The Bertz CT molecular complexity index is 399. The smallest absolute Gasteiger partial charge is 0.213 e. The summed E-state index contributed by atoms with van der Waals surface area (Å²) in [5.74, 6) is -0.0671. The summed E-state index contributed by atoms with van der Waals surface area (Å²) in [6.07, 6.45) is 2.07. The van der Waals surface area contributed by atoms with Crippen LogP contribution in [-0.2, 0) is 16.0 Å². The first-order chi connectivity index (χ1) is 8.24. The van der Waals surface area contributed by atoms with Gasteiger partial charge >= 0.3 is 0 Å². The highest BCUT2D eigenvalue weighted by molar-refractivity contribution is 9.10. The third-order valence-corrected chi connectivity index (χ3v) is 3.15. The fourth-order valence-corrected chi connectivity index (χ4v) is 2.27. The average molecular weight is 303 g/mol. The number of carbonyl (C=O) groups is 1. The van der Waals surface area contributed by atoms with Gasteiger partial charge in [0, 0.05) is 6.54 Å². The van der Waals surface area contributed by atoms with Crippen LogP contribution in [0.4, 0.5) is 0 Å². The standard InChI is InChI=1S/C11H15BrN2O3/c1-2-3-14-10(8(12)6-13-14)11(15)9-7-16-4-5-17-9/h6,9H,2-5,7H2,1H3. The number of aromatic nitrogens is 2. The van der Waals surface area contributed by atoms with Crippen molar-refractivity contribution in [2.45, 2.75) is 26.0 Å². The zero-order valence-electron chi connectivity index (χ0n) is 9.69. The second-order valence-electron chi connectivity index (χ2n) is 3.86. The summed E-state index contributed by atoms with van der Waals surface area (Å²) in [6.45, 7) is 4.11. The van der Waals surface area contributed by atoms with Gasteiger partial charge in [-0.3, -0.25) is 9.48 Å². The van der Waals surface area contributed by atoms with Crippen LogP contribution in [0.1, 0.15) is 23.8 Å². The molecule has 1 aromatic heterocycles. The molecule has 0 aromatic carbocycles. The lowest BCUT2D eigenvalue weighted by atomic mass is 10.1. The van der Waals surface area contributed by atoms with Crippen LogP contribution in [-0.4, -0.2) is 41.5 Å². The summed E-state index contributed by atoms with van der Waals surface area (Å²) >= 11 is 3.35. The molecule has 0 bridgehead atoms. The Morgan fingerprint density at radius 1 is 1.65 bits per heavy atom. The van der Waals surface area contributed by atoms with Crippen LogP contribution in [0.25, 0.3) is 0 Å². The van der Waals surface area contributed by atoms with Gasteiger partial charge in [-0.15, -0.1) is 0 Å². The van der Waals surface area contributed by atoms with Crippen molar-refractivity contribution in [2.24, 2.45) is 0 Å². The van der Waals surface area contributed by atoms with E-state index in [1.165, 1.54) is 0 Å². The monoisotopic (exact) mass is 302 g/mol. The van der Waals surface area contributed by atoms with E-state index in [9.17, 15) is 4.79 Å². The average Bonchev–Trinajstić information content (AvgIpc) is 2.71. The van der Waals surface area contributed by atoms with E-state index in [1.807, 2.05) is 6.92 Å². The molecule has 0 N–H and O–H groups in total. The van der Waals surface area contributed by atoms with E-state index >= 15 is 0 Å². The number of hydrogen-bond acceptors (Lipinski definition) is 4. The fourth-order valence-electron chi connectivity index (χ4n) is 1.78. The molecule has 0 amide bonds. The molecule has 94 valence electrons. The highest BCUT2D eigenvalue weighted by Gasteiger charge is 2.28. The topological polar surface area (TPSA) is 53.4 Å². The van der Waals surface area contributed by atoms with Crippen molar-refractivity contribution in [1.29, 1.82) is 0 Å². The summed E-state index contributed by atoms with van der Waals surface area (Å²) in [7, 11) is 0. The van der Waals surface area contributed by atoms with E-state index in [0.29, 0.717) is 30.0 Å². The van der Waals surface area contributed by atoms with E-state index in [4.69, 9.17) is 9.47 Å². The minimum absolute atomic E-state index is 0.0671. The Hall–Kier alpha value is -0.720. The Kier molecular flexibility index (Phi) is 4.31. The zero-order chi connectivity index (χ0) is 12.3. The Morgan fingerprint density at radius 3 is 3.12 bits per heavy atom. The number of hydrogen-bond donors (Lipinski definition) is 0. The minimum Gasteiger partial charge on any atom is -0.376 e. The maximum absolute atomic E-state index is 12.3. The van der Waals surface area contributed by atoms with Gasteiger partial charge in [0.15, 0.2) is 0 Å². The molecule has 0 aliphatic carbocycles. The van der Waals surface area contributed by atoms with Gasteiger partial charge in [-0.2, -0.15) is 5.10 Å². The van der Waals surface area contributed by atoms with Crippen molar-refractivity contribution in [2.75, 3.05) is 19.8 Å². The van der Waals surface area contributed by atoms with Crippen molar-refractivity contribution >= 4 is 21.7 Å². The van der Waals surface area contributed by atoms with Crippen LogP contribution in [0.15, 0.2) is 10.7 Å². The van der Waals surface area contributed by atoms with E-state index in [1.54, 1.807) is 10.9 Å². The van der Waals surface area contributed by atoms with Crippen molar-refractivity contribution in [3.8, 4) is 0 Å². The molecule has 1 aliphatic heterocycles. The Labute approximate surface area is 108 Å².